The molecule has 0 spiro atoms. The molecule has 0 saturated carbocycles. The van der Waals surface area contributed by atoms with Crippen LogP contribution in [0.25, 0.3) is 0 Å². The third-order valence-electron chi connectivity index (χ3n) is 2.23. The van der Waals surface area contributed by atoms with Gasteiger partial charge in [0.15, 0.2) is 0 Å². The Morgan fingerprint density at radius 2 is 2.17 bits per heavy atom. The fraction of sp³-hybridized carbons (Fsp3) is 0.182. The Labute approximate surface area is 105 Å². The standard InChI is InChI=1S/C11H13FN2O3S/c1-3-6-14(2)11(15)9-7-8(12)4-5-10(9)18(13,16)17/h3-5,7H,1,6H2,2H3,(H2,13,16,17). The molecule has 1 amide bonds. The van der Waals surface area contributed by atoms with Gasteiger partial charge in [-0.15, -0.1) is 6.58 Å². The van der Waals surface area contributed by atoms with Gasteiger partial charge in [0.25, 0.3) is 5.91 Å². The quantitative estimate of drug-likeness (QED) is 0.820. The number of nitrogens with zero attached hydrogens (tertiary/aromatic N) is 1. The molecule has 0 aromatic heterocycles. The highest BCUT2D eigenvalue weighted by molar-refractivity contribution is 7.89. The van der Waals surface area contributed by atoms with Crippen LogP contribution in [-0.2, 0) is 10.0 Å². The number of hydrogen-bond donors (Lipinski definition) is 1. The second-order valence-corrected chi connectivity index (χ2v) is 5.19. The zero-order valence-electron chi connectivity index (χ0n) is 9.76. The van der Waals surface area contributed by atoms with Crippen molar-refractivity contribution in [2.45, 2.75) is 4.90 Å². The Kier molecular flexibility index (Phi) is 4.20. The number of likely N-dealkylation sites (N-methyl/N-ethyl adjacent to an activating group) is 1. The average molecular weight is 272 g/mol. The normalized spacial score (nSPS) is 11.1. The molecular weight excluding hydrogens is 259 g/mol. The van der Waals surface area contributed by atoms with Gasteiger partial charge in [0.1, 0.15) is 5.82 Å². The molecule has 0 bridgehead atoms. The average Bonchev–Trinajstić information content (AvgIpc) is 2.26. The van der Waals surface area contributed by atoms with Crippen molar-refractivity contribution in [1.82, 2.24) is 4.90 Å². The molecule has 0 aliphatic carbocycles. The molecule has 0 unspecified atom stereocenters. The van der Waals surface area contributed by atoms with Gasteiger partial charge < -0.3 is 4.90 Å². The van der Waals surface area contributed by atoms with Crippen molar-refractivity contribution >= 4 is 15.9 Å². The van der Waals surface area contributed by atoms with E-state index in [1.165, 1.54) is 18.0 Å². The second-order valence-electron chi connectivity index (χ2n) is 3.66. The summed E-state index contributed by atoms with van der Waals surface area (Å²) in [6.45, 7) is 3.66. The zero-order valence-corrected chi connectivity index (χ0v) is 10.6. The zero-order chi connectivity index (χ0) is 13.9. The molecule has 1 rings (SSSR count). The third kappa shape index (κ3) is 3.14. The lowest BCUT2D eigenvalue weighted by Crippen LogP contribution is -2.29. The molecule has 7 heteroatoms. The minimum absolute atomic E-state index is 0.208. The number of amides is 1. The monoisotopic (exact) mass is 272 g/mol. The first-order valence-corrected chi connectivity index (χ1v) is 6.50. The van der Waals surface area contributed by atoms with E-state index in [0.717, 1.165) is 18.2 Å². The topological polar surface area (TPSA) is 80.5 Å². The Hall–Kier alpha value is -1.73. The fourth-order valence-corrected chi connectivity index (χ4v) is 2.11. The van der Waals surface area contributed by atoms with Gasteiger partial charge in [-0.1, -0.05) is 6.08 Å². The molecule has 0 aliphatic rings. The van der Waals surface area contributed by atoms with Crippen LogP contribution in [0.4, 0.5) is 4.39 Å². The second kappa shape index (κ2) is 5.28. The number of primary sulfonamides is 1. The van der Waals surface area contributed by atoms with Gasteiger partial charge in [-0.2, -0.15) is 0 Å². The summed E-state index contributed by atoms with van der Waals surface area (Å²) >= 11 is 0. The highest BCUT2D eigenvalue weighted by Crippen LogP contribution is 2.17. The molecule has 98 valence electrons. The summed E-state index contributed by atoms with van der Waals surface area (Å²) in [5.74, 6) is -1.35. The highest BCUT2D eigenvalue weighted by atomic mass is 32.2. The molecule has 5 nitrogen and oxygen atoms in total. The lowest BCUT2D eigenvalue weighted by atomic mass is 10.2. The minimum atomic E-state index is -4.08. The third-order valence-corrected chi connectivity index (χ3v) is 3.20. The summed E-state index contributed by atoms with van der Waals surface area (Å²) in [6.07, 6.45) is 1.47. The Balaban J connectivity index is 3.34. The van der Waals surface area contributed by atoms with Crippen molar-refractivity contribution in [1.29, 1.82) is 0 Å². The summed E-state index contributed by atoms with van der Waals surface area (Å²) in [4.78, 5) is 12.8. The van der Waals surface area contributed by atoms with Gasteiger partial charge >= 0.3 is 0 Å². The molecule has 0 saturated heterocycles. The van der Waals surface area contributed by atoms with E-state index in [2.05, 4.69) is 6.58 Å². The van der Waals surface area contributed by atoms with E-state index < -0.39 is 26.6 Å². The maximum atomic E-state index is 13.1. The largest absolute Gasteiger partial charge is 0.338 e. The van der Waals surface area contributed by atoms with Crippen molar-refractivity contribution in [3.63, 3.8) is 0 Å². The number of sulfonamides is 1. The van der Waals surface area contributed by atoms with Crippen LogP contribution in [0.15, 0.2) is 35.7 Å². The summed E-state index contributed by atoms with van der Waals surface area (Å²) < 4.78 is 35.7. The maximum absolute atomic E-state index is 13.1. The molecule has 0 atom stereocenters. The molecule has 1 aromatic rings. The van der Waals surface area contributed by atoms with Gasteiger partial charge in [-0.3, -0.25) is 4.79 Å². The molecule has 0 aliphatic heterocycles. The molecule has 0 fully saturated rings. The number of carbonyl (C=O) groups excluding carboxylic acids is 1. The predicted molar refractivity (Wildman–Crippen MR) is 64.9 cm³/mol. The fourth-order valence-electron chi connectivity index (χ4n) is 1.40. The molecule has 18 heavy (non-hydrogen) atoms. The first-order chi connectivity index (χ1) is 8.27. The molecule has 0 heterocycles. The first kappa shape index (κ1) is 14.3. The highest BCUT2D eigenvalue weighted by Gasteiger charge is 2.22. The number of hydrogen-bond acceptors (Lipinski definition) is 3. The lowest BCUT2D eigenvalue weighted by Gasteiger charge is -2.16. The summed E-state index contributed by atoms with van der Waals surface area (Å²) in [6, 6.07) is 2.76. The van der Waals surface area contributed by atoms with Crippen LogP contribution in [0.5, 0.6) is 0 Å². The van der Waals surface area contributed by atoms with E-state index in [9.17, 15) is 17.6 Å². The van der Waals surface area contributed by atoms with Gasteiger partial charge in [-0.05, 0) is 18.2 Å². The van der Waals surface area contributed by atoms with Crippen LogP contribution in [0.1, 0.15) is 10.4 Å². The van der Waals surface area contributed by atoms with Gasteiger partial charge in [-0.25, -0.2) is 17.9 Å². The number of nitrogens with two attached hydrogens (primary N) is 1. The lowest BCUT2D eigenvalue weighted by molar-refractivity contribution is 0.0806. The van der Waals surface area contributed by atoms with E-state index in [1.54, 1.807) is 0 Å². The molecule has 2 N–H and O–H groups in total. The predicted octanol–water partition coefficient (Wildman–Crippen LogP) is 0.731. The molecule has 0 radical (unpaired) electrons. The van der Waals surface area contributed by atoms with Crippen LogP contribution < -0.4 is 5.14 Å². The van der Waals surface area contributed by atoms with E-state index in [-0.39, 0.29) is 12.1 Å². The van der Waals surface area contributed by atoms with Gasteiger partial charge in [0.05, 0.1) is 10.5 Å². The van der Waals surface area contributed by atoms with Crippen LogP contribution in [0.3, 0.4) is 0 Å². The molecule has 1 aromatic carbocycles. The minimum Gasteiger partial charge on any atom is -0.338 e. The van der Waals surface area contributed by atoms with Crippen LogP contribution in [-0.4, -0.2) is 32.8 Å². The first-order valence-electron chi connectivity index (χ1n) is 4.96. The summed E-state index contributed by atoms with van der Waals surface area (Å²) in [5, 5.41) is 4.98. The van der Waals surface area contributed by atoms with Crippen molar-refractivity contribution in [3.05, 3.63) is 42.2 Å². The van der Waals surface area contributed by atoms with E-state index in [4.69, 9.17) is 5.14 Å². The van der Waals surface area contributed by atoms with E-state index in [1.807, 2.05) is 0 Å². The number of halogens is 1. The van der Waals surface area contributed by atoms with E-state index in [0.29, 0.717) is 0 Å². The van der Waals surface area contributed by atoms with Crippen LogP contribution in [0.2, 0.25) is 0 Å². The van der Waals surface area contributed by atoms with Crippen molar-refractivity contribution in [3.8, 4) is 0 Å². The number of benzene rings is 1. The Morgan fingerprint density at radius 1 is 1.56 bits per heavy atom. The number of rotatable bonds is 4. The van der Waals surface area contributed by atoms with Crippen LogP contribution in [0, 0.1) is 5.82 Å². The Bertz CT molecular complexity index is 584. The smallest absolute Gasteiger partial charge is 0.255 e. The van der Waals surface area contributed by atoms with Gasteiger partial charge in [0, 0.05) is 13.6 Å². The van der Waals surface area contributed by atoms with Crippen molar-refractivity contribution < 1.29 is 17.6 Å². The SMILES string of the molecule is C=CCN(C)C(=O)c1cc(F)ccc1S(N)(=O)=O. The van der Waals surface area contributed by atoms with Crippen LogP contribution >= 0.6 is 0 Å². The van der Waals surface area contributed by atoms with Gasteiger partial charge in [0.2, 0.25) is 10.0 Å². The number of carbonyl (C=O) groups is 1. The summed E-state index contributed by atoms with van der Waals surface area (Å²) in [7, 11) is -2.64. The Morgan fingerprint density at radius 3 is 2.67 bits per heavy atom. The molecular formula is C11H13FN2O3S. The van der Waals surface area contributed by atoms with Crippen molar-refractivity contribution in [2.75, 3.05) is 13.6 Å². The van der Waals surface area contributed by atoms with Crippen molar-refractivity contribution in [2.24, 2.45) is 5.14 Å². The van der Waals surface area contributed by atoms with E-state index >= 15 is 0 Å². The maximum Gasteiger partial charge on any atom is 0.255 e. The summed E-state index contributed by atoms with van der Waals surface area (Å²) in [5.41, 5.74) is -0.290.